The van der Waals surface area contributed by atoms with Gasteiger partial charge < -0.3 is 9.72 Å². The molecule has 0 saturated carbocycles. The molecule has 0 radical (unpaired) electrons. The number of fused-ring (bicyclic) bond motifs is 3. The first-order chi connectivity index (χ1) is 10.9. The lowest BCUT2D eigenvalue weighted by molar-refractivity contribution is 0.341. The molecule has 0 amide bonds. The predicted octanol–water partition coefficient (Wildman–Crippen LogP) is 5.39. The highest BCUT2D eigenvalue weighted by atomic mass is 16.5. The van der Waals surface area contributed by atoms with Crippen molar-refractivity contribution in [2.75, 3.05) is 6.61 Å². The van der Waals surface area contributed by atoms with E-state index in [1.807, 2.05) is 19.1 Å². The highest BCUT2D eigenvalue weighted by molar-refractivity contribution is 6.12. The minimum absolute atomic E-state index is 0.666. The Bertz CT molecular complexity index is 952. The van der Waals surface area contributed by atoms with Gasteiger partial charge in [0.15, 0.2) is 0 Å². The first-order valence-electron chi connectivity index (χ1n) is 7.60. The summed E-state index contributed by atoms with van der Waals surface area (Å²) in [4.78, 5) is 3.56. The molecule has 2 nitrogen and oxygen atoms in total. The monoisotopic (exact) mass is 287 g/mol. The highest BCUT2D eigenvalue weighted by Gasteiger charge is 2.12. The molecule has 1 aromatic heterocycles. The fourth-order valence-electron chi connectivity index (χ4n) is 3.07. The molecular formula is C20H17NO. The Labute approximate surface area is 129 Å². The summed E-state index contributed by atoms with van der Waals surface area (Å²) in [5.41, 5.74) is 4.63. The van der Waals surface area contributed by atoms with Crippen molar-refractivity contribution in [3.05, 3.63) is 66.7 Å². The number of benzene rings is 3. The number of rotatable bonds is 3. The summed E-state index contributed by atoms with van der Waals surface area (Å²) in [6.07, 6.45) is 0. The Morgan fingerprint density at radius 1 is 0.773 bits per heavy atom. The smallest absolute Gasteiger partial charge is 0.127 e. The SMILES string of the molecule is CCOc1ccccc1-c1cccc2c1[nH]c1ccccc12. The number of H-pyrrole nitrogens is 1. The summed E-state index contributed by atoms with van der Waals surface area (Å²) in [6, 6.07) is 23.1. The molecule has 22 heavy (non-hydrogen) atoms. The summed E-state index contributed by atoms with van der Waals surface area (Å²) < 4.78 is 5.80. The average Bonchev–Trinajstić information content (AvgIpc) is 2.94. The van der Waals surface area contributed by atoms with Crippen LogP contribution in [0.15, 0.2) is 66.7 Å². The molecule has 0 atom stereocenters. The lowest BCUT2D eigenvalue weighted by Gasteiger charge is -2.11. The molecule has 3 aromatic carbocycles. The Hall–Kier alpha value is -2.74. The molecule has 0 aliphatic rings. The van der Waals surface area contributed by atoms with E-state index in [2.05, 4.69) is 59.6 Å². The second kappa shape index (κ2) is 5.23. The van der Waals surface area contributed by atoms with Gasteiger partial charge in [0.1, 0.15) is 5.75 Å². The van der Waals surface area contributed by atoms with Gasteiger partial charge in [0, 0.05) is 27.4 Å². The van der Waals surface area contributed by atoms with Gasteiger partial charge in [0.2, 0.25) is 0 Å². The van der Waals surface area contributed by atoms with E-state index >= 15 is 0 Å². The zero-order chi connectivity index (χ0) is 14.9. The average molecular weight is 287 g/mol. The summed E-state index contributed by atoms with van der Waals surface area (Å²) >= 11 is 0. The number of hydrogen-bond acceptors (Lipinski definition) is 1. The van der Waals surface area contributed by atoms with Gasteiger partial charge in [0.05, 0.1) is 12.1 Å². The molecule has 0 aliphatic heterocycles. The fourth-order valence-corrected chi connectivity index (χ4v) is 3.07. The van der Waals surface area contributed by atoms with Gasteiger partial charge in [-0.3, -0.25) is 0 Å². The summed E-state index contributed by atoms with van der Waals surface area (Å²) in [6.45, 7) is 2.68. The molecule has 1 N–H and O–H groups in total. The third-order valence-corrected chi connectivity index (χ3v) is 4.02. The van der Waals surface area contributed by atoms with Gasteiger partial charge in [0.25, 0.3) is 0 Å². The first-order valence-corrected chi connectivity index (χ1v) is 7.60. The maximum atomic E-state index is 5.80. The van der Waals surface area contributed by atoms with Crippen LogP contribution in [0.4, 0.5) is 0 Å². The Morgan fingerprint density at radius 3 is 2.41 bits per heavy atom. The molecule has 4 aromatic rings. The molecule has 0 bridgehead atoms. The van der Waals surface area contributed by atoms with E-state index in [0.29, 0.717) is 6.61 Å². The normalized spacial score (nSPS) is 11.1. The number of para-hydroxylation sites is 3. The topological polar surface area (TPSA) is 25.0 Å². The van der Waals surface area contributed by atoms with Crippen molar-refractivity contribution in [1.29, 1.82) is 0 Å². The Kier molecular flexibility index (Phi) is 3.08. The van der Waals surface area contributed by atoms with Crippen molar-refractivity contribution >= 4 is 21.8 Å². The summed E-state index contributed by atoms with van der Waals surface area (Å²) in [5.74, 6) is 0.927. The van der Waals surface area contributed by atoms with Gasteiger partial charge in [-0.1, -0.05) is 54.6 Å². The maximum absolute atomic E-state index is 5.80. The lowest BCUT2D eigenvalue weighted by atomic mass is 10.0. The van der Waals surface area contributed by atoms with Crippen molar-refractivity contribution in [3.63, 3.8) is 0 Å². The van der Waals surface area contributed by atoms with Crippen molar-refractivity contribution < 1.29 is 4.74 Å². The van der Waals surface area contributed by atoms with Crippen LogP contribution in [0, 0.1) is 0 Å². The van der Waals surface area contributed by atoms with Crippen LogP contribution >= 0.6 is 0 Å². The largest absolute Gasteiger partial charge is 0.493 e. The molecule has 4 rings (SSSR count). The van der Waals surface area contributed by atoms with Gasteiger partial charge in [-0.05, 0) is 19.1 Å². The molecule has 1 heterocycles. The lowest BCUT2D eigenvalue weighted by Crippen LogP contribution is -1.94. The number of aromatic amines is 1. The van der Waals surface area contributed by atoms with Crippen LogP contribution in [-0.2, 0) is 0 Å². The van der Waals surface area contributed by atoms with Gasteiger partial charge in [-0.25, -0.2) is 0 Å². The van der Waals surface area contributed by atoms with Crippen LogP contribution in [0.25, 0.3) is 32.9 Å². The zero-order valence-electron chi connectivity index (χ0n) is 12.5. The van der Waals surface area contributed by atoms with E-state index in [4.69, 9.17) is 4.74 Å². The van der Waals surface area contributed by atoms with Crippen LogP contribution < -0.4 is 4.74 Å². The number of nitrogens with one attached hydrogen (secondary N) is 1. The van der Waals surface area contributed by atoms with Crippen LogP contribution in [0.1, 0.15) is 6.92 Å². The number of ether oxygens (including phenoxy) is 1. The van der Waals surface area contributed by atoms with Crippen LogP contribution in [0.5, 0.6) is 5.75 Å². The zero-order valence-corrected chi connectivity index (χ0v) is 12.5. The quantitative estimate of drug-likeness (QED) is 0.537. The van der Waals surface area contributed by atoms with Crippen molar-refractivity contribution in [3.8, 4) is 16.9 Å². The van der Waals surface area contributed by atoms with E-state index < -0.39 is 0 Å². The number of aromatic nitrogens is 1. The standard InChI is InChI=1S/C20H17NO/c1-2-22-19-13-6-4-9-15(19)17-11-7-10-16-14-8-3-5-12-18(14)21-20(16)17/h3-13,21H,2H2,1H3. The van der Waals surface area contributed by atoms with Crippen molar-refractivity contribution in [2.24, 2.45) is 0 Å². The van der Waals surface area contributed by atoms with E-state index in [9.17, 15) is 0 Å². The Morgan fingerprint density at radius 2 is 1.50 bits per heavy atom. The van der Waals surface area contributed by atoms with E-state index in [0.717, 1.165) is 16.8 Å². The van der Waals surface area contributed by atoms with Gasteiger partial charge in [-0.15, -0.1) is 0 Å². The van der Waals surface area contributed by atoms with Crippen molar-refractivity contribution in [2.45, 2.75) is 6.92 Å². The molecule has 0 spiro atoms. The molecule has 108 valence electrons. The highest BCUT2D eigenvalue weighted by Crippen LogP contribution is 2.37. The fraction of sp³-hybridized carbons (Fsp3) is 0.100. The van der Waals surface area contributed by atoms with Gasteiger partial charge in [-0.2, -0.15) is 0 Å². The van der Waals surface area contributed by atoms with Crippen molar-refractivity contribution in [1.82, 2.24) is 4.98 Å². The summed E-state index contributed by atoms with van der Waals surface area (Å²) in [7, 11) is 0. The Balaban J connectivity index is 2.03. The van der Waals surface area contributed by atoms with E-state index in [-0.39, 0.29) is 0 Å². The molecule has 0 aliphatic carbocycles. The third-order valence-electron chi connectivity index (χ3n) is 4.02. The minimum Gasteiger partial charge on any atom is -0.493 e. The van der Waals surface area contributed by atoms with Gasteiger partial charge >= 0.3 is 0 Å². The molecule has 2 heteroatoms. The predicted molar refractivity (Wildman–Crippen MR) is 92.4 cm³/mol. The maximum Gasteiger partial charge on any atom is 0.127 e. The molecule has 0 unspecified atom stereocenters. The minimum atomic E-state index is 0.666. The molecule has 0 fully saturated rings. The van der Waals surface area contributed by atoms with E-state index in [1.165, 1.54) is 21.9 Å². The molecular weight excluding hydrogens is 270 g/mol. The first kappa shape index (κ1) is 13.0. The van der Waals surface area contributed by atoms with Crippen LogP contribution in [-0.4, -0.2) is 11.6 Å². The van der Waals surface area contributed by atoms with E-state index in [1.54, 1.807) is 0 Å². The second-order valence-electron chi connectivity index (χ2n) is 5.33. The summed E-state index contributed by atoms with van der Waals surface area (Å²) in [5, 5.41) is 2.51. The number of hydrogen-bond donors (Lipinski definition) is 1. The second-order valence-corrected chi connectivity index (χ2v) is 5.33. The molecule has 0 saturated heterocycles. The third kappa shape index (κ3) is 1.96. The van der Waals surface area contributed by atoms with Crippen LogP contribution in [0.3, 0.4) is 0 Å². The van der Waals surface area contributed by atoms with Crippen LogP contribution in [0.2, 0.25) is 0 Å².